The first kappa shape index (κ1) is 17.0. The van der Waals surface area contributed by atoms with Crippen molar-refractivity contribution in [3.8, 4) is 0 Å². The van der Waals surface area contributed by atoms with Gasteiger partial charge in [-0.05, 0) is 25.0 Å². The first-order valence-electron chi connectivity index (χ1n) is 6.57. The number of hydrogen-bond donors (Lipinski definition) is 3. The minimum atomic E-state index is -1.08. The van der Waals surface area contributed by atoms with Gasteiger partial charge in [0.2, 0.25) is 0 Å². The first-order valence-corrected chi connectivity index (χ1v) is 6.57. The minimum Gasteiger partial charge on any atom is -0.388 e. The molecule has 21 heavy (non-hydrogen) atoms. The number of benzene rings is 1. The third-order valence-corrected chi connectivity index (χ3v) is 3.22. The second-order valence-corrected chi connectivity index (χ2v) is 4.73. The molecule has 116 valence electrons. The van der Waals surface area contributed by atoms with Crippen LogP contribution in [0.2, 0.25) is 0 Å². The Kier molecular flexibility index (Phi) is 5.78. The van der Waals surface area contributed by atoms with Crippen LogP contribution >= 0.6 is 0 Å². The molecule has 1 aromatic rings. The van der Waals surface area contributed by atoms with Crippen LogP contribution in [0.4, 0.5) is 14.5 Å². The largest absolute Gasteiger partial charge is 0.388 e. The van der Waals surface area contributed by atoms with Crippen LogP contribution < -0.4 is 10.6 Å². The standard InChI is InChI=1S/C14H18F2N2O3/c1-3-14(21,4-2)8-17-12(19)13(20)18-11-6-9(15)5-10(16)7-11/h5-7,21H,3-4,8H2,1-2H3,(H,17,19)(H,18,20). The highest BCUT2D eigenvalue weighted by Crippen LogP contribution is 2.14. The number of rotatable bonds is 5. The zero-order valence-corrected chi connectivity index (χ0v) is 11.9. The number of carbonyl (C=O) groups is 2. The summed E-state index contributed by atoms with van der Waals surface area (Å²) in [5.74, 6) is -3.77. The van der Waals surface area contributed by atoms with Crippen molar-refractivity contribution < 1.29 is 23.5 Å². The van der Waals surface area contributed by atoms with Crippen LogP contribution in [0, 0.1) is 11.6 Å². The molecule has 0 unspecified atom stereocenters. The number of hydrogen-bond acceptors (Lipinski definition) is 3. The van der Waals surface area contributed by atoms with E-state index in [0.717, 1.165) is 12.1 Å². The number of carbonyl (C=O) groups excluding carboxylic acids is 2. The molecule has 0 radical (unpaired) electrons. The van der Waals surface area contributed by atoms with Crippen LogP contribution in [0.3, 0.4) is 0 Å². The lowest BCUT2D eigenvalue weighted by atomic mass is 9.98. The molecule has 0 aliphatic rings. The highest BCUT2D eigenvalue weighted by molar-refractivity contribution is 6.39. The summed E-state index contributed by atoms with van der Waals surface area (Å²) in [6.07, 6.45) is 0.834. The van der Waals surface area contributed by atoms with Gasteiger partial charge in [0.05, 0.1) is 5.60 Å². The predicted octanol–water partition coefficient (Wildman–Crippen LogP) is 1.57. The molecule has 1 rings (SSSR count). The smallest absolute Gasteiger partial charge is 0.313 e. The van der Waals surface area contributed by atoms with Crippen LogP contribution in [0.25, 0.3) is 0 Å². The number of nitrogens with one attached hydrogen (secondary N) is 2. The van der Waals surface area contributed by atoms with Gasteiger partial charge < -0.3 is 15.7 Å². The van der Waals surface area contributed by atoms with E-state index in [1.54, 1.807) is 13.8 Å². The molecule has 7 heteroatoms. The summed E-state index contributed by atoms with van der Waals surface area (Å²) in [5, 5.41) is 14.3. The first-order chi connectivity index (χ1) is 9.79. The molecule has 0 bridgehead atoms. The lowest BCUT2D eigenvalue weighted by molar-refractivity contribution is -0.136. The molecule has 2 amide bonds. The minimum absolute atomic E-state index is 0.0796. The van der Waals surface area contributed by atoms with E-state index in [-0.39, 0.29) is 12.2 Å². The van der Waals surface area contributed by atoms with Crippen molar-refractivity contribution in [1.82, 2.24) is 5.32 Å². The van der Waals surface area contributed by atoms with Crippen LogP contribution in [-0.2, 0) is 9.59 Å². The van der Waals surface area contributed by atoms with Gasteiger partial charge in [0.25, 0.3) is 0 Å². The van der Waals surface area contributed by atoms with Crippen molar-refractivity contribution in [3.63, 3.8) is 0 Å². The molecule has 0 saturated heterocycles. The fourth-order valence-corrected chi connectivity index (χ4v) is 1.64. The zero-order valence-electron chi connectivity index (χ0n) is 11.9. The Morgan fingerprint density at radius 3 is 2.10 bits per heavy atom. The highest BCUT2D eigenvalue weighted by Gasteiger charge is 2.24. The van der Waals surface area contributed by atoms with Gasteiger partial charge in [-0.2, -0.15) is 0 Å². The van der Waals surface area contributed by atoms with E-state index in [0.29, 0.717) is 18.9 Å². The van der Waals surface area contributed by atoms with Crippen molar-refractivity contribution in [2.24, 2.45) is 0 Å². The number of anilines is 1. The highest BCUT2D eigenvalue weighted by atomic mass is 19.1. The Balaban J connectivity index is 2.61. The SMILES string of the molecule is CCC(O)(CC)CNC(=O)C(=O)Nc1cc(F)cc(F)c1. The predicted molar refractivity (Wildman–Crippen MR) is 73.5 cm³/mol. The third-order valence-electron chi connectivity index (χ3n) is 3.22. The average Bonchev–Trinajstić information content (AvgIpc) is 2.43. The van der Waals surface area contributed by atoms with E-state index in [2.05, 4.69) is 10.6 Å². The molecule has 3 N–H and O–H groups in total. The van der Waals surface area contributed by atoms with Crippen LogP contribution in [-0.4, -0.2) is 29.1 Å². The fraction of sp³-hybridized carbons (Fsp3) is 0.429. The average molecular weight is 300 g/mol. The summed E-state index contributed by atoms with van der Waals surface area (Å²) < 4.78 is 25.9. The van der Waals surface area contributed by atoms with Crippen molar-refractivity contribution in [3.05, 3.63) is 29.8 Å². The molecular weight excluding hydrogens is 282 g/mol. The van der Waals surface area contributed by atoms with Gasteiger partial charge in [-0.25, -0.2) is 8.78 Å². The molecule has 0 heterocycles. The second kappa shape index (κ2) is 7.12. The summed E-state index contributed by atoms with van der Waals surface area (Å²) in [4.78, 5) is 23.2. The quantitative estimate of drug-likeness (QED) is 0.722. The Morgan fingerprint density at radius 1 is 1.10 bits per heavy atom. The number of aliphatic hydroxyl groups is 1. The Morgan fingerprint density at radius 2 is 1.62 bits per heavy atom. The summed E-state index contributed by atoms with van der Waals surface area (Å²) in [6, 6.07) is 2.43. The number of amides is 2. The van der Waals surface area contributed by atoms with E-state index in [4.69, 9.17) is 0 Å². The Bertz CT molecular complexity index is 511. The topological polar surface area (TPSA) is 78.4 Å². The maximum absolute atomic E-state index is 13.0. The summed E-state index contributed by atoms with van der Waals surface area (Å²) >= 11 is 0. The van der Waals surface area contributed by atoms with Gasteiger partial charge in [0.1, 0.15) is 11.6 Å². The molecule has 0 atom stereocenters. The van der Waals surface area contributed by atoms with Gasteiger partial charge in [0, 0.05) is 18.3 Å². The fourth-order valence-electron chi connectivity index (χ4n) is 1.64. The van der Waals surface area contributed by atoms with E-state index in [1.165, 1.54) is 0 Å². The molecule has 0 spiro atoms. The van der Waals surface area contributed by atoms with Crippen molar-refractivity contribution in [2.45, 2.75) is 32.3 Å². The Labute approximate surface area is 121 Å². The van der Waals surface area contributed by atoms with Gasteiger partial charge in [-0.3, -0.25) is 9.59 Å². The van der Waals surface area contributed by atoms with E-state index in [1.807, 2.05) is 0 Å². The maximum Gasteiger partial charge on any atom is 0.313 e. The molecule has 0 aromatic heterocycles. The molecule has 0 aliphatic heterocycles. The normalized spacial score (nSPS) is 11.1. The van der Waals surface area contributed by atoms with Gasteiger partial charge in [-0.1, -0.05) is 13.8 Å². The Hall–Kier alpha value is -2.02. The molecule has 5 nitrogen and oxygen atoms in total. The van der Waals surface area contributed by atoms with Crippen molar-refractivity contribution >= 4 is 17.5 Å². The van der Waals surface area contributed by atoms with E-state index >= 15 is 0 Å². The van der Waals surface area contributed by atoms with Crippen molar-refractivity contribution in [2.75, 3.05) is 11.9 Å². The van der Waals surface area contributed by atoms with Gasteiger partial charge in [0.15, 0.2) is 0 Å². The molecule has 0 aliphatic carbocycles. The summed E-state index contributed by atoms with van der Waals surface area (Å²) in [5.41, 5.74) is -1.24. The van der Waals surface area contributed by atoms with Gasteiger partial charge >= 0.3 is 11.8 Å². The molecular formula is C14H18F2N2O3. The molecule has 1 aromatic carbocycles. The maximum atomic E-state index is 13.0. The number of halogens is 2. The third kappa shape index (κ3) is 5.11. The van der Waals surface area contributed by atoms with Crippen LogP contribution in [0.15, 0.2) is 18.2 Å². The zero-order chi connectivity index (χ0) is 16.0. The summed E-state index contributed by atoms with van der Waals surface area (Å²) in [6.45, 7) is 3.43. The summed E-state index contributed by atoms with van der Waals surface area (Å²) in [7, 11) is 0. The monoisotopic (exact) mass is 300 g/mol. The van der Waals surface area contributed by atoms with Gasteiger partial charge in [-0.15, -0.1) is 0 Å². The second-order valence-electron chi connectivity index (χ2n) is 4.73. The molecule has 0 saturated carbocycles. The lowest BCUT2D eigenvalue weighted by Gasteiger charge is -2.25. The lowest BCUT2D eigenvalue weighted by Crippen LogP contribution is -2.45. The van der Waals surface area contributed by atoms with E-state index < -0.39 is 29.0 Å². The van der Waals surface area contributed by atoms with Crippen LogP contribution in [0.5, 0.6) is 0 Å². The van der Waals surface area contributed by atoms with E-state index in [9.17, 15) is 23.5 Å². The van der Waals surface area contributed by atoms with Crippen LogP contribution in [0.1, 0.15) is 26.7 Å². The molecule has 0 fully saturated rings. The van der Waals surface area contributed by atoms with Crippen molar-refractivity contribution in [1.29, 1.82) is 0 Å².